The number of benzene rings is 1. The van der Waals surface area contributed by atoms with Crippen molar-refractivity contribution in [2.75, 3.05) is 0 Å². The molecule has 0 spiro atoms. The smallest absolute Gasteiger partial charge is 0.360 e. The molecular formula is C25H33N3O3. The molecule has 5 rings (SSSR count). The number of para-hydroxylation sites is 2. The van der Waals surface area contributed by atoms with Gasteiger partial charge in [-0.3, -0.25) is 9.69 Å². The van der Waals surface area contributed by atoms with Crippen LogP contribution in [-0.2, 0) is 0 Å². The molecule has 2 bridgehead atoms. The Morgan fingerprint density at radius 1 is 0.839 bits per heavy atom. The third kappa shape index (κ3) is 3.91. The zero-order chi connectivity index (χ0) is 21.4. The van der Waals surface area contributed by atoms with Crippen molar-refractivity contribution in [1.82, 2.24) is 14.5 Å². The van der Waals surface area contributed by atoms with E-state index in [9.17, 15) is 14.7 Å². The Labute approximate surface area is 183 Å². The molecule has 0 amide bonds. The summed E-state index contributed by atoms with van der Waals surface area (Å²) in [6.45, 7) is 0. The summed E-state index contributed by atoms with van der Waals surface area (Å²) in [7, 11) is 0. The highest BCUT2D eigenvalue weighted by Gasteiger charge is 2.44. The summed E-state index contributed by atoms with van der Waals surface area (Å²) >= 11 is 0. The van der Waals surface area contributed by atoms with E-state index in [0.29, 0.717) is 23.6 Å². The molecule has 0 unspecified atom stereocenters. The molecule has 1 N–H and O–H groups in total. The van der Waals surface area contributed by atoms with Crippen LogP contribution in [0.25, 0.3) is 11.0 Å². The van der Waals surface area contributed by atoms with Gasteiger partial charge >= 0.3 is 5.97 Å². The first kappa shape index (κ1) is 20.7. The van der Waals surface area contributed by atoms with E-state index in [2.05, 4.69) is 9.88 Å². The third-order valence-corrected chi connectivity index (χ3v) is 7.87. The maximum atomic E-state index is 13.2. The summed E-state index contributed by atoms with van der Waals surface area (Å²) in [6.07, 6.45) is 15.0. The zero-order valence-electron chi connectivity index (χ0n) is 18.2. The number of fused-ring (bicyclic) bond motifs is 3. The molecule has 3 heterocycles. The lowest BCUT2D eigenvalue weighted by atomic mass is 9.91. The fourth-order valence-electron chi connectivity index (χ4n) is 6.56. The van der Waals surface area contributed by atoms with E-state index in [1.807, 2.05) is 18.2 Å². The van der Waals surface area contributed by atoms with Crippen molar-refractivity contribution in [2.24, 2.45) is 0 Å². The molecule has 166 valence electrons. The first-order valence-corrected chi connectivity index (χ1v) is 12.2. The molecule has 2 aliphatic heterocycles. The van der Waals surface area contributed by atoms with Gasteiger partial charge in [-0.1, -0.05) is 50.7 Å². The highest BCUT2D eigenvalue weighted by molar-refractivity contribution is 5.88. The quantitative estimate of drug-likeness (QED) is 0.770. The molecule has 1 aromatic carbocycles. The van der Waals surface area contributed by atoms with Crippen molar-refractivity contribution in [3.8, 4) is 0 Å². The molecule has 31 heavy (non-hydrogen) atoms. The standard InChI is InChI=1S/C25H33N3O3/c29-24-23(25(30)31)26-21-11-7-8-12-22(21)28(24)20-15-18-13-14-19(16-20)27(18)17-9-5-3-1-2-4-6-10-17/h7-8,11-12,17-20H,1-6,9-10,13-16H2,(H,30,31)/t18-,19+,20+. The Morgan fingerprint density at radius 2 is 1.45 bits per heavy atom. The molecule has 2 saturated heterocycles. The number of nitrogens with zero attached hydrogens (tertiary/aromatic N) is 3. The third-order valence-electron chi connectivity index (χ3n) is 7.87. The van der Waals surface area contributed by atoms with Gasteiger partial charge in [0.25, 0.3) is 5.56 Å². The summed E-state index contributed by atoms with van der Waals surface area (Å²) in [6, 6.07) is 9.19. The molecule has 1 aliphatic carbocycles. The second-order valence-electron chi connectivity index (χ2n) is 9.74. The van der Waals surface area contributed by atoms with Crippen LogP contribution in [0.2, 0.25) is 0 Å². The minimum Gasteiger partial charge on any atom is -0.476 e. The lowest BCUT2D eigenvalue weighted by Gasteiger charge is -2.44. The highest BCUT2D eigenvalue weighted by atomic mass is 16.4. The van der Waals surface area contributed by atoms with Gasteiger partial charge in [0.05, 0.1) is 11.0 Å². The Kier molecular flexibility index (Phi) is 5.83. The van der Waals surface area contributed by atoms with Gasteiger partial charge in [-0.05, 0) is 50.7 Å². The average Bonchev–Trinajstić information content (AvgIpc) is 3.10. The summed E-state index contributed by atoms with van der Waals surface area (Å²) < 4.78 is 1.76. The molecule has 1 aromatic heterocycles. The zero-order valence-corrected chi connectivity index (χ0v) is 18.2. The van der Waals surface area contributed by atoms with Crippen LogP contribution >= 0.6 is 0 Å². The van der Waals surface area contributed by atoms with Crippen LogP contribution in [0.1, 0.15) is 93.6 Å². The monoisotopic (exact) mass is 423 g/mol. The molecule has 3 fully saturated rings. The Hall–Kier alpha value is -2.21. The molecule has 3 atom stereocenters. The predicted molar refractivity (Wildman–Crippen MR) is 121 cm³/mol. The molecule has 3 aliphatic rings. The summed E-state index contributed by atoms with van der Waals surface area (Å²) in [5.41, 5.74) is 0.541. The Balaban J connectivity index is 1.46. The van der Waals surface area contributed by atoms with Crippen molar-refractivity contribution in [2.45, 2.75) is 101 Å². The second kappa shape index (κ2) is 8.73. The van der Waals surface area contributed by atoms with E-state index in [0.717, 1.165) is 18.4 Å². The van der Waals surface area contributed by atoms with Gasteiger partial charge in [0, 0.05) is 24.2 Å². The minimum absolute atomic E-state index is 0.0450. The van der Waals surface area contributed by atoms with Crippen molar-refractivity contribution in [3.05, 3.63) is 40.3 Å². The van der Waals surface area contributed by atoms with Gasteiger partial charge < -0.3 is 9.67 Å². The van der Waals surface area contributed by atoms with Crippen molar-refractivity contribution in [1.29, 1.82) is 0 Å². The number of aromatic nitrogens is 2. The van der Waals surface area contributed by atoms with Gasteiger partial charge in [0.1, 0.15) is 0 Å². The van der Waals surface area contributed by atoms with E-state index in [1.54, 1.807) is 10.6 Å². The van der Waals surface area contributed by atoms with E-state index in [4.69, 9.17) is 0 Å². The van der Waals surface area contributed by atoms with E-state index in [-0.39, 0.29) is 11.7 Å². The van der Waals surface area contributed by atoms with Crippen LogP contribution < -0.4 is 5.56 Å². The number of rotatable bonds is 3. The number of hydrogen-bond donors (Lipinski definition) is 1. The number of hydrogen-bond acceptors (Lipinski definition) is 4. The molecule has 0 radical (unpaired) electrons. The lowest BCUT2D eigenvalue weighted by molar-refractivity contribution is 0.0521. The Morgan fingerprint density at radius 3 is 2.10 bits per heavy atom. The predicted octanol–water partition coefficient (Wildman–Crippen LogP) is 4.77. The topological polar surface area (TPSA) is 75.4 Å². The van der Waals surface area contributed by atoms with E-state index in [1.165, 1.54) is 64.2 Å². The van der Waals surface area contributed by atoms with E-state index >= 15 is 0 Å². The fourth-order valence-corrected chi connectivity index (χ4v) is 6.56. The largest absolute Gasteiger partial charge is 0.476 e. The number of carboxylic acid groups (broad SMARTS) is 1. The normalized spacial score (nSPS) is 28.2. The van der Waals surface area contributed by atoms with Crippen molar-refractivity contribution in [3.63, 3.8) is 0 Å². The summed E-state index contributed by atoms with van der Waals surface area (Å²) in [5, 5.41) is 9.56. The van der Waals surface area contributed by atoms with Crippen LogP contribution in [0.5, 0.6) is 0 Å². The maximum Gasteiger partial charge on any atom is 0.360 e. The summed E-state index contributed by atoms with van der Waals surface area (Å²) in [5.74, 6) is -1.24. The molecule has 6 heteroatoms. The number of piperidine rings is 1. The molecule has 1 saturated carbocycles. The van der Waals surface area contributed by atoms with Gasteiger partial charge in [-0.25, -0.2) is 9.78 Å². The number of aromatic carboxylic acids is 1. The van der Waals surface area contributed by atoms with Crippen LogP contribution in [0.3, 0.4) is 0 Å². The van der Waals surface area contributed by atoms with Gasteiger partial charge in [0.15, 0.2) is 0 Å². The molecule has 2 aromatic rings. The van der Waals surface area contributed by atoms with Gasteiger partial charge in [-0.15, -0.1) is 0 Å². The highest BCUT2D eigenvalue weighted by Crippen LogP contribution is 2.44. The average molecular weight is 424 g/mol. The van der Waals surface area contributed by atoms with Crippen LogP contribution in [-0.4, -0.2) is 43.7 Å². The molecule has 6 nitrogen and oxygen atoms in total. The van der Waals surface area contributed by atoms with E-state index < -0.39 is 11.5 Å². The van der Waals surface area contributed by atoms with Crippen LogP contribution in [0.15, 0.2) is 29.1 Å². The van der Waals surface area contributed by atoms with Gasteiger partial charge in [0.2, 0.25) is 5.69 Å². The maximum absolute atomic E-state index is 13.2. The van der Waals surface area contributed by atoms with Crippen LogP contribution in [0.4, 0.5) is 0 Å². The second-order valence-corrected chi connectivity index (χ2v) is 9.74. The summed E-state index contributed by atoms with van der Waals surface area (Å²) in [4.78, 5) is 31.8. The fraction of sp³-hybridized carbons (Fsp3) is 0.640. The van der Waals surface area contributed by atoms with Crippen LogP contribution in [0, 0.1) is 0 Å². The van der Waals surface area contributed by atoms with Crippen molar-refractivity contribution >= 4 is 17.0 Å². The lowest BCUT2D eigenvalue weighted by Crippen LogP contribution is -2.50. The van der Waals surface area contributed by atoms with Gasteiger partial charge in [-0.2, -0.15) is 0 Å². The minimum atomic E-state index is -1.24. The van der Waals surface area contributed by atoms with Crippen molar-refractivity contribution < 1.29 is 9.90 Å². The first-order valence-electron chi connectivity index (χ1n) is 12.2. The SMILES string of the molecule is O=C(O)c1nc2ccccc2n([C@H]2C[C@H]3CC[C@@H](C2)N3C2CCCCCCCC2)c1=O. The molecular weight excluding hydrogens is 390 g/mol. The number of carboxylic acids is 1. The first-order chi connectivity index (χ1) is 15.1. The number of carbonyl (C=O) groups is 1. The Bertz CT molecular complexity index is 993.